The Bertz CT molecular complexity index is 2120. The van der Waals surface area contributed by atoms with Crippen molar-refractivity contribution in [2.75, 3.05) is 13.7 Å². The van der Waals surface area contributed by atoms with E-state index in [1.165, 1.54) is 7.11 Å². The molecule has 2 aliphatic carbocycles. The number of rotatable bonds is 11. The first-order valence-corrected chi connectivity index (χ1v) is 19.5. The Balaban J connectivity index is 0.918. The van der Waals surface area contributed by atoms with Crippen LogP contribution in [0, 0.1) is 23.7 Å². The third kappa shape index (κ3) is 7.39. The molecule has 3 amide bonds. The Morgan fingerprint density at radius 1 is 0.800 bits per heavy atom. The zero-order valence-corrected chi connectivity index (χ0v) is 31.6. The van der Waals surface area contributed by atoms with Crippen molar-refractivity contribution in [3.05, 3.63) is 108 Å². The number of alkyl carbamates (subject to hydrolysis) is 1. The summed E-state index contributed by atoms with van der Waals surface area (Å²) in [6, 6.07) is 26.1. The molecule has 2 bridgehead atoms. The molecule has 55 heavy (non-hydrogen) atoms. The minimum atomic E-state index is -0.675. The van der Waals surface area contributed by atoms with Gasteiger partial charge in [-0.3, -0.25) is 9.59 Å². The van der Waals surface area contributed by atoms with Crippen LogP contribution in [0.25, 0.3) is 33.6 Å². The molecule has 6 atom stereocenters. The number of hydrogen-bond acceptors (Lipinski definition) is 6. The third-order valence-electron chi connectivity index (χ3n) is 12.0. The molecule has 3 aliphatic rings. The summed E-state index contributed by atoms with van der Waals surface area (Å²) in [5.74, 6) is 2.53. The maximum absolute atomic E-state index is 13.5. The van der Waals surface area contributed by atoms with Crippen LogP contribution in [0.15, 0.2) is 91.3 Å². The minimum absolute atomic E-state index is 0.0546. The van der Waals surface area contributed by atoms with Crippen LogP contribution < -0.4 is 10.6 Å². The maximum Gasteiger partial charge on any atom is 0.407 e. The molecule has 11 heteroatoms. The number of aromatic nitrogens is 4. The number of nitrogens with one attached hydrogen (secondary N) is 4. The smallest absolute Gasteiger partial charge is 0.407 e. The normalized spacial score (nSPS) is 22.2. The first-order chi connectivity index (χ1) is 26.8. The quantitative estimate of drug-likeness (QED) is 0.110. The molecule has 0 spiro atoms. The van der Waals surface area contributed by atoms with Gasteiger partial charge in [0.25, 0.3) is 0 Å². The van der Waals surface area contributed by atoms with Crippen LogP contribution in [0.2, 0.25) is 0 Å². The zero-order chi connectivity index (χ0) is 38.1. The van der Waals surface area contributed by atoms with Crippen molar-refractivity contribution in [3.8, 4) is 33.6 Å². The second-order valence-corrected chi connectivity index (χ2v) is 15.7. The molecule has 3 heterocycles. The standard InChI is InChI=1S/C44H49N7O4/c1-26(2)39(50-44(54)55-3)43(53)51-21-7-10-36(51)40-45-24-34(48-40)30-15-11-28(12-16-30)29-13-17-31(18-14-29)35-25-46-41(49-35)37-32-19-20-33(22-32)38(37)42(52)47-23-27-8-5-4-6-9-27/h4-6,8-9,11-18,24-26,32-33,36-39H,7,10,19-23H2,1-3H3,(H,45,48)(H,46,49)(H,47,52)(H,50,54)/t32?,33?,36-,37?,38?,39-/m0/s1. The molecule has 3 aromatic carbocycles. The highest BCUT2D eigenvalue weighted by atomic mass is 16.5. The molecule has 0 radical (unpaired) electrons. The second kappa shape index (κ2) is 15.6. The van der Waals surface area contributed by atoms with Crippen molar-refractivity contribution < 1.29 is 19.1 Å². The molecule has 4 N–H and O–H groups in total. The number of likely N-dealkylation sites (tertiary alicyclic amines) is 1. The predicted molar refractivity (Wildman–Crippen MR) is 210 cm³/mol. The van der Waals surface area contributed by atoms with Gasteiger partial charge in [0.2, 0.25) is 11.8 Å². The van der Waals surface area contributed by atoms with Gasteiger partial charge in [-0.15, -0.1) is 0 Å². The average Bonchev–Trinajstić information content (AvgIpc) is 4.07. The van der Waals surface area contributed by atoms with Crippen molar-refractivity contribution in [3.63, 3.8) is 0 Å². The molecule has 3 fully saturated rings. The largest absolute Gasteiger partial charge is 0.453 e. The van der Waals surface area contributed by atoms with E-state index in [1.54, 1.807) is 0 Å². The van der Waals surface area contributed by atoms with Crippen molar-refractivity contribution in [1.82, 2.24) is 35.5 Å². The van der Waals surface area contributed by atoms with Crippen molar-refractivity contribution in [2.24, 2.45) is 23.7 Å². The van der Waals surface area contributed by atoms with Crippen LogP contribution in [-0.4, -0.2) is 62.4 Å². The lowest BCUT2D eigenvalue weighted by Gasteiger charge is -2.30. The number of H-pyrrole nitrogens is 2. The van der Waals surface area contributed by atoms with Gasteiger partial charge >= 0.3 is 6.09 Å². The van der Waals surface area contributed by atoms with Crippen LogP contribution in [0.1, 0.15) is 75.1 Å². The topological polar surface area (TPSA) is 145 Å². The number of benzene rings is 3. The summed E-state index contributed by atoms with van der Waals surface area (Å²) in [5.41, 5.74) is 7.20. The average molecular weight is 740 g/mol. The van der Waals surface area contributed by atoms with Gasteiger partial charge in [0.1, 0.15) is 17.7 Å². The van der Waals surface area contributed by atoms with Crippen LogP contribution in [0.5, 0.6) is 0 Å². The predicted octanol–water partition coefficient (Wildman–Crippen LogP) is 7.62. The Labute approximate surface area is 321 Å². The van der Waals surface area contributed by atoms with Gasteiger partial charge in [-0.25, -0.2) is 14.8 Å². The molecule has 1 saturated heterocycles. The lowest BCUT2D eigenvalue weighted by Crippen LogP contribution is -2.51. The number of amides is 3. The number of nitrogens with zero attached hydrogens (tertiary/aromatic N) is 3. The number of aromatic amines is 2. The molecule has 284 valence electrons. The molecule has 2 saturated carbocycles. The second-order valence-electron chi connectivity index (χ2n) is 15.7. The molecule has 5 aromatic rings. The van der Waals surface area contributed by atoms with E-state index in [4.69, 9.17) is 9.72 Å². The zero-order valence-electron chi connectivity index (χ0n) is 31.6. The van der Waals surface area contributed by atoms with Gasteiger partial charge in [0.15, 0.2) is 0 Å². The summed E-state index contributed by atoms with van der Waals surface area (Å²) in [4.78, 5) is 57.4. The Morgan fingerprint density at radius 2 is 1.40 bits per heavy atom. The van der Waals surface area contributed by atoms with E-state index < -0.39 is 12.1 Å². The lowest BCUT2D eigenvalue weighted by atomic mass is 9.78. The Morgan fingerprint density at radius 3 is 2.04 bits per heavy atom. The number of imidazole rings is 2. The van der Waals surface area contributed by atoms with Crippen molar-refractivity contribution >= 4 is 17.9 Å². The molecule has 8 rings (SSSR count). The van der Waals surface area contributed by atoms with E-state index >= 15 is 0 Å². The van der Waals surface area contributed by atoms with Gasteiger partial charge in [0, 0.05) is 19.0 Å². The van der Waals surface area contributed by atoms with E-state index in [9.17, 15) is 14.4 Å². The van der Waals surface area contributed by atoms with Gasteiger partial charge in [-0.2, -0.15) is 0 Å². The van der Waals surface area contributed by atoms with Crippen LogP contribution in [0.4, 0.5) is 4.79 Å². The van der Waals surface area contributed by atoms with Crippen molar-refractivity contribution in [1.29, 1.82) is 0 Å². The summed E-state index contributed by atoms with van der Waals surface area (Å²) >= 11 is 0. The fraction of sp³-hybridized carbons (Fsp3) is 0.386. The van der Waals surface area contributed by atoms with E-state index in [0.717, 1.165) is 83.0 Å². The number of fused-ring (bicyclic) bond motifs is 2. The number of ether oxygens (including phenoxy) is 1. The highest BCUT2D eigenvalue weighted by Crippen LogP contribution is 2.56. The van der Waals surface area contributed by atoms with Crippen LogP contribution in [-0.2, 0) is 20.9 Å². The van der Waals surface area contributed by atoms with Crippen molar-refractivity contribution in [2.45, 2.75) is 70.5 Å². The fourth-order valence-corrected chi connectivity index (χ4v) is 9.15. The summed E-state index contributed by atoms with van der Waals surface area (Å²) < 4.78 is 4.76. The molecule has 4 unspecified atom stereocenters. The summed E-state index contributed by atoms with van der Waals surface area (Å²) in [6.45, 7) is 4.97. The van der Waals surface area contributed by atoms with Gasteiger partial charge in [-0.05, 0) is 77.7 Å². The van der Waals surface area contributed by atoms with Gasteiger partial charge in [-0.1, -0.05) is 92.7 Å². The monoisotopic (exact) mass is 739 g/mol. The van der Waals surface area contributed by atoms with E-state index in [0.29, 0.717) is 24.9 Å². The summed E-state index contributed by atoms with van der Waals surface area (Å²) in [5, 5.41) is 5.92. The molecule has 2 aromatic heterocycles. The maximum atomic E-state index is 13.5. The molecular formula is C44H49N7O4. The number of methoxy groups -OCH3 is 1. The minimum Gasteiger partial charge on any atom is -0.453 e. The molecular weight excluding hydrogens is 691 g/mol. The number of hydrogen-bond donors (Lipinski definition) is 4. The summed E-state index contributed by atoms with van der Waals surface area (Å²) in [7, 11) is 1.30. The van der Waals surface area contributed by atoms with E-state index in [-0.39, 0.29) is 35.6 Å². The fourth-order valence-electron chi connectivity index (χ4n) is 9.15. The van der Waals surface area contributed by atoms with Gasteiger partial charge in [0.05, 0.1) is 42.9 Å². The first kappa shape index (κ1) is 36.3. The lowest BCUT2D eigenvalue weighted by molar-refractivity contribution is -0.135. The number of carbonyl (C=O) groups excluding carboxylic acids is 3. The Kier molecular flexibility index (Phi) is 10.3. The molecule has 1 aliphatic heterocycles. The third-order valence-corrected chi connectivity index (χ3v) is 12.0. The van der Waals surface area contributed by atoms with E-state index in [2.05, 4.69) is 74.1 Å². The number of carbonyl (C=O) groups is 3. The Hall–Kier alpha value is -5.71. The summed E-state index contributed by atoms with van der Waals surface area (Å²) in [6.07, 6.45) is 8.13. The highest BCUT2D eigenvalue weighted by Gasteiger charge is 2.52. The van der Waals surface area contributed by atoms with E-state index in [1.807, 2.05) is 61.5 Å². The first-order valence-electron chi connectivity index (χ1n) is 19.5. The SMILES string of the molecule is COC(=O)N[C@H](C(=O)N1CCC[C@H]1c1ncc(-c2ccc(-c3ccc(-c4cnc(C5C6CCC(C6)C5C(=O)NCc5ccccc5)[nH]4)cc3)cc2)[nH]1)C(C)C. The highest BCUT2D eigenvalue weighted by molar-refractivity contribution is 5.86. The van der Waals surface area contributed by atoms with Crippen LogP contribution >= 0.6 is 0 Å². The van der Waals surface area contributed by atoms with Crippen LogP contribution in [0.3, 0.4) is 0 Å². The van der Waals surface area contributed by atoms with Gasteiger partial charge < -0.3 is 30.2 Å². The molecule has 11 nitrogen and oxygen atoms in total.